The summed E-state index contributed by atoms with van der Waals surface area (Å²) in [6.07, 6.45) is 16.5. The number of rotatable bonds is 18. The Hall–Kier alpha value is -1.06. The van der Waals surface area contributed by atoms with Gasteiger partial charge in [0.25, 0.3) is 0 Å². The van der Waals surface area contributed by atoms with Gasteiger partial charge in [-0.2, -0.15) is 0 Å². The van der Waals surface area contributed by atoms with Gasteiger partial charge in [-0.15, -0.1) is 0 Å². The van der Waals surface area contributed by atoms with Crippen molar-refractivity contribution in [3.05, 3.63) is 0 Å². The van der Waals surface area contributed by atoms with Crippen molar-refractivity contribution in [3.8, 4) is 0 Å². The zero-order valence-corrected chi connectivity index (χ0v) is 15.6. The molecule has 0 saturated heterocycles. The molecule has 0 heterocycles. The van der Waals surface area contributed by atoms with Crippen LogP contribution in [-0.2, 0) is 9.59 Å². The van der Waals surface area contributed by atoms with Crippen LogP contribution in [0.5, 0.6) is 0 Å². The summed E-state index contributed by atoms with van der Waals surface area (Å²) >= 11 is 0. The molecule has 0 aromatic rings. The molecule has 4 nitrogen and oxygen atoms in total. The number of hydrogen-bond acceptors (Lipinski definition) is 2. The summed E-state index contributed by atoms with van der Waals surface area (Å²) in [5.41, 5.74) is 0. The van der Waals surface area contributed by atoms with Crippen LogP contribution in [0.4, 0.5) is 0 Å². The monoisotopic (exact) mass is 342 g/mol. The van der Waals surface area contributed by atoms with E-state index in [-0.39, 0.29) is 0 Å². The van der Waals surface area contributed by atoms with Crippen molar-refractivity contribution in [2.45, 2.75) is 110 Å². The summed E-state index contributed by atoms with van der Waals surface area (Å²) in [5.74, 6) is -0.993. The average Bonchev–Trinajstić information content (AvgIpc) is 2.52. The Morgan fingerprint density at radius 2 is 1.12 bits per heavy atom. The van der Waals surface area contributed by atoms with Gasteiger partial charge in [-0.05, 0) is 25.2 Å². The molecule has 0 bridgehead atoms. The first-order valence-corrected chi connectivity index (χ1v) is 9.99. The number of carboxylic acid groups (broad SMARTS) is 2. The van der Waals surface area contributed by atoms with E-state index in [1.54, 1.807) is 0 Å². The molecule has 0 saturated carbocycles. The molecule has 24 heavy (non-hydrogen) atoms. The summed E-state index contributed by atoms with van der Waals surface area (Å²) in [7, 11) is 0. The highest BCUT2D eigenvalue weighted by atomic mass is 16.4. The molecule has 4 heteroatoms. The minimum absolute atomic E-state index is 0.295. The Balaban J connectivity index is 3.54. The van der Waals surface area contributed by atoms with Crippen molar-refractivity contribution < 1.29 is 19.8 Å². The molecule has 0 aromatic carbocycles. The predicted octanol–water partition coefficient (Wildman–Crippen LogP) is 6.03. The zero-order chi connectivity index (χ0) is 18.0. The van der Waals surface area contributed by atoms with Gasteiger partial charge in [-0.1, -0.05) is 77.6 Å². The van der Waals surface area contributed by atoms with Crippen LogP contribution in [-0.4, -0.2) is 22.2 Å². The lowest BCUT2D eigenvalue weighted by Gasteiger charge is -2.14. The third-order valence-electron chi connectivity index (χ3n) is 4.68. The lowest BCUT2D eigenvalue weighted by molar-refractivity contribution is -0.138. The fraction of sp³-hybridized carbons (Fsp3) is 0.900. The van der Waals surface area contributed by atoms with Crippen LogP contribution in [0.2, 0.25) is 0 Å². The van der Waals surface area contributed by atoms with E-state index in [2.05, 4.69) is 6.92 Å². The molecular weight excluding hydrogens is 304 g/mol. The highest BCUT2D eigenvalue weighted by molar-refractivity contribution is 5.67. The van der Waals surface area contributed by atoms with Gasteiger partial charge in [0.05, 0.1) is 0 Å². The van der Waals surface area contributed by atoms with E-state index in [4.69, 9.17) is 10.2 Å². The van der Waals surface area contributed by atoms with Gasteiger partial charge < -0.3 is 10.2 Å². The molecule has 0 aliphatic carbocycles. The van der Waals surface area contributed by atoms with E-state index in [9.17, 15) is 9.59 Å². The van der Waals surface area contributed by atoms with Crippen molar-refractivity contribution in [1.29, 1.82) is 0 Å². The second-order valence-electron chi connectivity index (χ2n) is 7.07. The largest absolute Gasteiger partial charge is 0.481 e. The molecule has 1 atom stereocenters. The summed E-state index contributed by atoms with van der Waals surface area (Å²) in [6, 6.07) is 0. The van der Waals surface area contributed by atoms with E-state index in [0.717, 1.165) is 38.5 Å². The molecule has 0 aromatic heterocycles. The Bertz CT molecular complexity index is 315. The molecule has 0 radical (unpaired) electrons. The van der Waals surface area contributed by atoms with E-state index in [0.29, 0.717) is 18.8 Å². The van der Waals surface area contributed by atoms with Crippen LogP contribution in [0, 0.1) is 5.92 Å². The molecule has 0 amide bonds. The van der Waals surface area contributed by atoms with E-state index in [1.165, 1.54) is 51.4 Å². The smallest absolute Gasteiger partial charge is 0.303 e. The fourth-order valence-corrected chi connectivity index (χ4v) is 3.23. The molecular formula is C20H38O4. The molecule has 0 fully saturated rings. The first kappa shape index (κ1) is 22.9. The van der Waals surface area contributed by atoms with Crippen molar-refractivity contribution >= 4 is 11.9 Å². The molecule has 0 rings (SSSR count). The third-order valence-corrected chi connectivity index (χ3v) is 4.68. The summed E-state index contributed by atoms with van der Waals surface area (Å²) < 4.78 is 0. The topological polar surface area (TPSA) is 74.6 Å². The molecule has 0 aliphatic heterocycles. The Morgan fingerprint density at radius 1 is 0.667 bits per heavy atom. The van der Waals surface area contributed by atoms with Gasteiger partial charge in [-0.25, -0.2) is 0 Å². The highest BCUT2D eigenvalue weighted by Gasteiger charge is 2.12. The minimum Gasteiger partial charge on any atom is -0.481 e. The number of carbonyl (C=O) groups is 2. The summed E-state index contributed by atoms with van der Waals surface area (Å²) in [6.45, 7) is 2.20. The first-order valence-electron chi connectivity index (χ1n) is 9.99. The summed E-state index contributed by atoms with van der Waals surface area (Å²) in [5, 5.41) is 17.6. The van der Waals surface area contributed by atoms with E-state index >= 15 is 0 Å². The Morgan fingerprint density at radius 3 is 1.58 bits per heavy atom. The van der Waals surface area contributed by atoms with E-state index in [1.807, 2.05) is 0 Å². The second-order valence-corrected chi connectivity index (χ2v) is 7.07. The lowest BCUT2D eigenvalue weighted by atomic mass is 9.91. The zero-order valence-electron chi connectivity index (χ0n) is 15.6. The van der Waals surface area contributed by atoms with Gasteiger partial charge in [0, 0.05) is 12.8 Å². The van der Waals surface area contributed by atoms with Crippen LogP contribution in [0.15, 0.2) is 0 Å². The highest BCUT2D eigenvalue weighted by Crippen LogP contribution is 2.22. The molecule has 0 spiro atoms. The van der Waals surface area contributed by atoms with Gasteiger partial charge in [0.1, 0.15) is 0 Å². The third kappa shape index (κ3) is 17.3. The van der Waals surface area contributed by atoms with Gasteiger partial charge >= 0.3 is 11.9 Å². The number of unbranched alkanes of at least 4 members (excludes halogenated alkanes) is 10. The number of aliphatic carboxylic acids is 2. The van der Waals surface area contributed by atoms with Crippen LogP contribution in [0.1, 0.15) is 110 Å². The first-order chi connectivity index (χ1) is 11.6. The maximum Gasteiger partial charge on any atom is 0.303 e. The van der Waals surface area contributed by atoms with Crippen molar-refractivity contribution in [2.75, 3.05) is 0 Å². The maximum atomic E-state index is 11.0. The SMILES string of the molecule is CCCCCCC(CCCCCCCCCCC(=O)O)CC(=O)O. The van der Waals surface area contributed by atoms with Gasteiger partial charge in [0.15, 0.2) is 0 Å². The molecule has 0 aliphatic rings. The predicted molar refractivity (Wildman–Crippen MR) is 98.3 cm³/mol. The number of hydrogen-bond donors (Lipinski definition) is 2. The molecule has 142 valence electrons. The van der Waals surface area contributed by atoms with Gasteiger partial charge in [0.2, 0.25) is 0 Å². The number of carboxylic acids is 2. The standard InChI is InChI=1S/C20H38O4/c1-2-3-4-11-14-18(17-20(23)24)15-12-9-7-5-6-8-10-13-16-19(21)22/h18H,2-17H2,1H3,(H,21,22)(H,23,24). The second kappa shape index (κ2) is 16.8. The fourth-order valence-electron chi connectivity index (χ4n) is 3.23. The Kier molecular flexibility index (Phi) is 16.0. The minimum atomic E-state index is -0.694. The van der Waals surface area contributed by atoms with Crippen LogP contribution < -0.4 is 0 Å². The van der Waals surface area contributed by atoms with Crippen molar-refractivity contribution in [1.82, 2.24) is 0 Å². The molecule has 1 unspecified atom stereocenters. The van der Waals surface area contributed by atoms with E-state index < -0.39 is 11.9 Å². The van der Waals surface area contributed by atoms with Crippen LogP contribution in [0.3, 0.4) is 0 Å². The normalized spacial score (nSPS) is 12.2. The van der Waals surface area contributed by atoms with Crippen LogP contribution >= 0.6 is 0 Å². The Labute approximate surface area is 148 Å². The van der Waals surface area contributed by atoms with Gasteiger partial charge in [-0.3, -0.25) is 9.59 Å². The molecule has 2 N–H and O–H groups in total. The maximum absolute atomic E-state index is 11.0. The summed E-state index contributed by atoms with van der Waals surface area (Å²) in [4.78, 5) is 21.4. The van der Waals surface area contributed by atoms with Crippen molar-refractivity contribution in [2.24, 2.45) is 5.92 Å². The van der Waals surface area contributed by atoms with Crippen LogP contribution in [0.25, 0.3) is 0 Å². The average molecular weight is 343 g/mol. The van der Waals surface area contributed by atoms with Crippen molar-refractivity contribution in [3.63, 3.8) is 0 Å². The lowest BCUT2D eigenvalue weighted by Crippen LogP contribution is -2.08. The quantitative estimate of drug-likeness (QED) is 0.298.